The first-order chi connectivity index (χ1) is 28.4. The molecule has 2 heteroatoms. The van der Waals surface area contributed by atoms with Crippen LogP contribution in [0.2, 0.25) is 0 Å². The first kappa shape index (κ1) is 36.7. The van der Waals surface area contributed by atoms with Gasteiger partial charge in [-0.2, -0.15) is 0 Å². The van der Waals surface area contributed by atoms with E-state index in [2.05, 4.69) is 231 Å². The maximum absolute atomic E-state index is 2.42. The van der Waals surface area contributed by atoms with Crippen LogP contribution in [-0.2, 0) is 5.41 Å². The number of hydrogen-bond donors (Lipinski definition) is 0. The van der Waals surface area contributed by atoms with Crippen molar-refractivity contribution < 1.29 is 0 Å². The van der Waals surface area contributed by atoms with Crippen molar-refractivity contribution in [2.75, 3.05) is 9.80 Å². The van der Waals surface area contributed by atoms with Gasteiger partial charge in [-0.1, -0.05) is 174 Å². The molecule has 0 aliphatic rings. The number of fused-ring (bicyclic) bond motifs is 1. The van der Waals surface area contributed by atoms with E-state index in [4.69, 9.17) is 0 Å². The van der Waals surface area contributed by atoms with E-state index in [0.29, 0.717) is 0 Å². The third-order valence-electron chi connectivity index (χ3n) is 11.3. The zero-order chi connectivity index (χ0) is 39.8. The summed E-state index contributed by atoms with van der Waals surface area (Å²) in [6.45, 7) is 10.9. The Kier molecular flexibility index (Phi) is 9.63. The smallest absolute Gasteiger partial charge is 0.0546 e. The Balaban J connectivity index is 0.00000215. The topological polar surface area (TPSA) is 6.48 Å². The van der Waals surface area contributed by atoms with E-state index in [1.54, 1.807) is 0 Å². The summed E-state index contributed by atoms with van der Waals surface area (Å²) in [6, 6.07) is 73.2. The molecule has 0 bridgehead atoms. The molecule has 10 rings (SSSR count). The van der Waals surface area contributed by atoms with Gasteiger partial charge in [0.1, 0.15) is 0 Å². The molecule has 2 nitrogen and oxygen atoms in total. The van der Waals surface area contributed by atoms with Crippen molar-refractivity contribution in [3.63, 3.8) is 0 Å². The Morgan fingerprint density at radius 2 is 0.828 bits per heavy atom. The predicted molar refractivity (Wildman–Crippen MR) is 253 cm³/mol. The first-order valence-electron chi connectivity index (χ1n) is 20.5. The standard InChI is InChI=1S/C54H42N2.C2H6/c1-54(2,3)41-34-39-28-32-47-49(38-26-30-45(31-27-38)55(42-18-7-4-8-19-42)50-25-15-17-37-16-13-14-24-46(37)50)36-51(48-33-29-40(35-41)52(39)53(47)48)56(43-20-9-5-10-21-43)44-22-11-6-12-23-44;1-2/h4-36H,1-3H3;1-2H3. The molecular weight excluding hydrogens is 701 g/mol. The molecule has 0 aliphatic carbocycles. The van der Waals surface area contributed by atoms with Gasteiger partial charge in [0.25, 0.3) is 0 Å². The summed E-state index contributed by atoms with van der Waals surface area (Å²) in [5, 5.41) is 10.1. The molecule has 0 saturated heterocycles. The summed E-state index contributed by atoms with van der Waals surface area (Å²) in [6.07, 6.45) is 0. The minimum Gasteiger partial charge on any atom is -0.310 e. The Morgan fingerprint density at radius 1 is 0.345 bits per heavy atom. The van der Waals surface area contributed by atoms with Crippen molar-refractivity contribution >= 4 is 77.2 Å². The molecular formula is C56H48N2. The van der Waals surface area contributed by atoms with Gasteiger partial charge in [0.05, 0.1) is 11.4 Å². The Labute approximate surface area is 342 Å². The molecule has 10 aromatic carbocycles. The molecule has 0 atom stereocenters. The van der Waals surface area contributed by atoms with Crippen molar-refractivity contribution in [2.24, 2.45) is 0 Å². The van der Waals surface area contributed by atoms with Crippen molar-refractivity contribution in [1.82, 2.24) is 0 Å². The summed E-state index contributed by atoms with van der Waals surface area (Å²) >= 11 is 0. The second-order valence-corrected chi connectivity index (χ2v) is 15.8. The summed E-state index contributed by atoms with van der Waals surface area (Å²) in [5.41, 5.74) is 10.6. The fourth-order valence-corrected chi connectivity index (χ4v) is 8.53. The number of nitrogens with zero attached hydrogens (tertiary/aromatic N) is 2. The maximum Gasteiger partial charge on any atom is 0.0546 e. The van der Waals surface area contributed by atoms with Gasteiger partial charge in [0.2, 0.25) is 0 Å². The molecule has 58 heavy (non-hydrogen) atoms. The lowest BCUT2D eigenvalue weighted by Gasteiger charge is -2.29. The highest BCUT2D eigenvalue weighted by Crippen LogP contribution is 2.48. The van der Waals surface area contributed by atoms with Crippen molar-refractivity contribution in [1.29, 1.82) is 0 Å². The largest absolute Gasteiger partial charge is 0.310 e. The number of hydrogen-bond acceptors (Lipinski definition) is 2. The maximum atomic E-state index is 2.42. The highest BCUT2D eigenvalue weighted by atomic mass is 15.1. The van der Waals surface area contributed by atoms with Gasteiger partial charge in [-0.3, -0.25) is 0 Å². The average molecular weight is 749 g/mol. The molecule has 0 N–H and O–H groups in total. The third kappa shape index (κ3) is 6.51. The summed E-state index contributed by atoms with van der Waals surface area (Å²) in [4.78, 5) is 4.79. The Hall–Kier alpha value is -6.90. The van der Waals surface area contributed by atoms with Gasteiger partial charge < -0.3 is 9.80 Å². The lowest BCUT2D eigenvalue weighted by atomic mass is 9.82. The highest BCUT2D eigenvalue weighted by molar-refractivity contribution is 6.28. The van der Waals surface area contributed by atoms with Crippen molar-refractivity contribution in [2.45, 2.75) is 40.0 Å². The van der Waals surface area contributed by atoms with Crippen LogP contribution in [0.25, 0.3) is 54.2 Å². The third-order valence-corrected chi connectivity index (χ3v) is 11.3. The number of anilines is 6. The fourth-order valence-electron chi connectivity index (χ4n) is 8.53. The van der Waals surface area contributed by atoms with Gasteiger partial charge >= 0.3 is 0 Å². The molecule has 10 aromatic rings. The van der Waals surface area contributed by atoms with Gasteiger partial charge in [0, 0.05) is 38.9 Å². The van der Waals surface area contributed by atoms with Gasteiger partial charge in [-0.25, -0.2) is 0 Å². The average Bonchev–Trinajstić information content (AvgIpc) is 3.28. The zero-order valence-electron chi connectivity index (χ0n) is 33.9. The summed E-state index contributed by atoms with van der Waals surface area (Å²) in [7, 11) is 0. The molecule has 0 aliphatic heterocycles. The van der Waals surface area contributed by atoms with Gasteiger partial charge in [0.15, 0.2) is 0 Å². The molecule has 0 amide bonds. The number of para-hydroxylation sites is 3. The minimum atomic E-state index is 0.0413. The fraction of sp³-hybridized carbons (Fsp3) is 0.107. The lowest BCUT2D eigenvalue weighted by Crippen LogP contribution is -2.12. The van der Waals surface area contributed by atoms with Crippen molar-refractivity contribution in [3.8, 4) is 11.1 Å². The molecule has 0 heterocycles. The van der Waals surface area contributed by atoms with E-state index in [1.807, 2.05) is 13.8 Å². The van der Waals surface area contributed by atoms with E-state index in [0.717, 1.165) is 34.1 Å². The van der Waals surface area contributed by atoms with Crippen molar-refractivity contribution in [3.05, 3.63) is 206 Å². The first-order valence-corrected chi connectivity index (χ1v) is 20.5. The van der Waals surface area contributed by atoms with Crippen LogP contribution in [0.4, 0.5) is 34.1 Å². The molecule has 0 radical (unpaired) electrons. The molecule has 0 fully saturated rings. The summed E-state index contributed by atoms with van der Waals surface area (Å²) in [5.74, 6) is 0. The monoisotopic (exact) mass is 748 g/mol. The molecule has 0 saturated carbocycles. The van der Waals surface area contributed by atoms with E-state index < -0.39 is 0 Å². The SMILES string of the molecule is CC.CC(C)(C)c1cc2ccc3c(-c4ccc(N(c5ccccc5)c5cccc6ccccc56)cc4)cc(N(c4ccccc4)c4ccccc4)c4ccc(c1)c2c34. The van der Waals surface area contributed by atoms with Crippen LogP contribution in [0.1, 0.15) is 40.2 Å². The molecule has 282 valence electrons. The second-order valence-electron chi connectivity index (χ2n) is 15.8. The van der Waals surface area contributed by atoms with Crippen LogP contribution in [-0.4, -0.2) is 0 Å². The highest BCUT2D eigenvalue weighted by Gasteiger charge is 2.23. The van der Waals surface area contributed by atoms with E-state index in [1.165, 1.54) is 59.8 Å². The Bertz CT molecular complexity index is 2920. The zero-order valence-corrected chi connectivity index (χ0v) is 33.9. The molecule has 0 aromatic heterocycles. The van der Waals surface area contributed by atoms with Crippen LogP contribution < -0.4 is 9.80 Å². The van der Waals surface area contributed by atoms with Gasteiger partial charge in [-0.15, -0.1) is 0 Å². The predicted octanol–water partition coefficient (Wildman–Crippen LogP) is 16.7. The Morgan fingerprint density at radius 3 is 1.40 bits per heavy atom. The molecule has 0 spiro atoms. The second kappa shape index (κ2) is 15.2. The normalized spacial score (nSPS) is 11.5. The van der Waals surface area contributed by atoms with E-state index in [9.17, 15) is 0 Å². The number of benzene rings is 10. The van der Waals surface area contributed by atoms with Crippen LogP contribution >= 0.6 is 0 Å². The van der Waals surface area contributed by atoms with E-state index in [-0.39, 0.29) is 5.41 Å². The quantitative estimate of drug-likeness (QED) is 0.150. The number of rotatable bonds is 7. The minimum absolute atomic E-state index is 0.0413. The van der Waals surface area contributed by atoms with Crippen LogP contribution in [0.5, 0.6) is 0 Å². The van der Waals surface area contributed by atoms with Gasteiger partial charge in [-0.05, 0) is 110 Å². The molecule has 0 unspecified atom stereocenters. The summed E-state index contributed by atoms with van der Waals surface area (Å²) < 4.78 is 0. The van der Waals surface area contributed by atoms with Crippen LogP contribution in [0.3, 0.4) is 0 Å². The van der Waals surface area contributed by atoms with E-state index >= 15 is 0 Å². The lowest BCUT2D eigenvalue weighted by molar-refractivity contribution is 0.591. The van der Waals surface area contributed by atoms with Crippen LogP contribution in [0.15, 0.2) is 200 Å². The van der Waals surface area contributed by atoms with Crippen LogP contribution in [0, 0.1) is 0 Å².